The number of pyridine rings is 1. The van der Waals surface area contributed by atoms with Crippen LogP contribution >= 0.6 is 24.8 Å². The van der Waals surface area contributed by atoms with Crippen molar-refractivity contribution in [1.82, 2.24) is 30.6 Å². The highest BCUT2D eigenvalue weighted by atomic mass is 35.5. The van der Waals surface area contributed by atoms with Gasteiger partial charge in [-0.05, 0) is 43.6 Å². The minimum absolute atomic E-state index is 0. The number of rotatable bonds is 6. The van der Waals surface area contributed by atoms with Crippen molar-refractivity contribution in [3.63, 3.8) is 0 Å². The Hall–Kier alpha value is -2.75. The van der Waals surface area contributed by atoms with Crippen molar-refractivity contribution in [3.05, 3.63) is 65.9 Å². The van der Waals surface area contributed by atoms with Crippen LogP contribution in [-0.4, -0.2) is 39.0 Å². The number of nitrogens with one attached hydrogen (secondary N) is 2. The van der Waals surface area contributed by atoms with Crippen molar-refractivity contribution in [2.45, 2.75) is 25.4 Å². The zero-order chi connectivity index (χ0) is 20.1. The number of ether oxygens (including phenoxy) is 1. The van der Waals surface area contributed by atoms with E-state index in [1.165, 1.54) is 12.1 Å². The van der Waals surface area contributed by atoms with E-state index < -0.39 is 0 Å². The molecule has 8 nitrogen and oxygen atoms in total. The van der Waals surface area contributed by atoms with E-state index in [9.17, 15) is 9.18 Å². The van der Waals surface area contributed by atoms with Crippen LogP contribution in [-0.2, 0) is 6.54 Å². The molecule has 1 aromatic carbocycles. The minimum Gasteiger partial charge on any atom is -0.439 e. The average Bonchev–Trinajstić information content (AvgIpc) is 3.24. The summed E-state index contributed by atoms with van der Waals surface area (Å²) < 4.78 is 20.5. The highest BCUT2D eigenvalue weighted by molar-refractivity contribution is 5.91. The first kappa shape index (κ1) is 24.5. The summed E-state index contributed by atoms with van der Waals surface area (Å²) >= 11 is 0. The summed E-state index contributed by atoms with van der Waals surface area (Å²) in [6, 6.07) is 9.57. The standard InChI is InChI=1S/C20H21FN6O2.2ClH/c21-15-2-1-3-17(10-15)29-19-5-4-14(11-23-19)12-24-20(28)18-13-27(26-25-18)16-6-8-22-9-7-16;;/h1-5,10-11,13,16,22H,6-9,12H2,(H,24,28);2*1H. The Morgan fingerprint density at radius 1 is 1.23 bits per heavy atom. The van der Waals surface area contributed by atoms with Crippen LogP contribution < -0.4 is 15.4 Å². The Balaban J connectivity index is 0.00000171. The molecule has 0 radical (unpaired) electrons. The van der Waals surface area contributed by atoms with Crippen molar-refractivity contribution in [2.24, 2.45) is 0 Å². The lowest BCUT2D eigenvalue weighted by Crippen LogP contribution is -2.29. The molecule has 0 aliphatic carbocycles. The molecular weight excluding hydrogens is 446 g/mol. The molecule has 0 saturated carbocycles. The van der Waals surface area contributed by atoms with Crippen molar-refractivity contribution < 1.29 is 13.9 Å². The number of carbonyl (C=O) groups excluding carboxylic acids is 1. The fourth-order valence-corrected chi connectivity index (χ4v) is 3.13. The van der Waals surface area contributed by atoms with E-state index >= 15 is 0 Å². The molecule has 1 saturated heterocycles. The molecule has 11 heteroatoms. The lowest BCUT2D eigenvalue weighted by Gasteiger charge is -2.22. The molecule has 1 aliphatic heterocycles. The highest BCUT2D eigenvalue weighted by Gasteiger charge is 2.18. The van der Waals surface area contributed by atoms with Crippen LogP contribution in [0.15, 0.2) is 48.8 Å². The maximum Gasteiger partial charge on any atom is 0.273 e. The van der Waals surface area contributed by atoms with Gasteiger partial charge in [0.1, 0.15) is 11.6 Å². The Labute approximate surface area is 191 Å². The molecule has 2 N–H and O–H groups in total. The first-order valence-electron chi connectivity index (χ1n) is 9.46. The number of amides is 1. The minimum atomic E-state index is -0.376. The van der Waals surface area contributed by atoms with E-state index in [4.69, 9.17) is 4.74 Å². The second-order valence-electron chi connectivity index (χ2n) is 6.81. The Morgan fingerprint density at radius 3 is 2.74 bits per heavy atom. The summed E-state index contributed by atoms with van der Waals surface area (Å²) in [5.41, 5.74) is 1.10. The van der Waals surface area contributed by atoms with E-state index in [0.29, 0.717) is 23.9 Å². The van der Waals surface area contributed by atoms with Crippen molar-refractivity contribution in [1.29, 1.82) is 0 Å². The number of hydrogen-bond donors (Lipinski definition) is 2. The van der Waals surface area contributed by atoms with Gasteiger partial charge in [-0.3, -0.25) is 4.79 Å². The summed E-state index contributed by atoms with van der Waals surface area (Å²) in [6.07, 6.45) is 5.24. The van der Waals surface area contributed by atoms with Gasteiger partial charge in [0.05, 0.1) is 12.2 Å². The second kappa shape index (κ2) is 11.6. The highest BCUT2D eigenvalue weighted by Crippen LogP contribution is 2.20. The van der Waals surface area contributed by atoms with Gasteiger partial charge in [0.25, 0.3) is 5.91 Å². The predicted octanol–water partition coefficient (Wildman–Crippen LogP) is 3.30. The van der Waals surface area contributed by atoms with E-state index in [1.807, 2.05) is 0 Å². The Morgan fingerprint density at radius 2 is 2.03 bits per heavy atom. The van der Waals surface area contributed by atoms with Gasteiger partial charge in [-0.1, -0.05) is 17.3 Å². The number of aromatic nitrogens is 4. The molecule has 0 atom stereocenters. The molecule has 1 amide bonds. The third-order valence-electron chi connectivity index (χ3n) is 4.69. The molecule has 3 heterocycles. The summed E-state index contributed by atoms with van der Waals surface area (Å²) in [5.74, 6) is 0.0511. The van der Waals surface area contributed by atoms with Crippen LogP contribution in [0, 0.1) is 5.82 Å². The number of hydrogen-bond acceptors (Lipinski definition) is 6. The summed E-state index contributed by atoms with van der Waals surface area (Å²) in [5, 5.41) is 14.2. The van der Waals surface area contributed by atoms with E-state index in [1.54, 1.807) is 41.3 Å². The molecule has 1 fully saturated rings. The molecule has 3 aromatic rings. The fraction of sp³-hybridized carbons (Fsp3) is 0.300. The van der Waals surface area contributed by atoms with Crippen LogP contribution in [0.25, 0.3) is 0 Å². The number of nitrogens with zero attached hydrogens (tertiary/aromatic N) is 4. The van der Waals surface area contributed by atoms with Gasteiger partial charge in [-0.2, -0.15) is 0 Å². The zero-order valence-corrected chi connectivity index (χ0v) is 18.2. The van der Waals surface area contributed by atoms with Gasteiger partial charge in [0.15, 0.2) is 5.69 Å². The predicted molar refractivity (Wildman–Crippen MR) is 118 cm³/mol. The van der Waals surface area contributed by atoms with Crippen molar-refractivity contribution >= 4 is 30.7 Å². The Bertz CT molecular complexity index is 980. The Kier molecular flexibility index (Phi) is 9.17. The SMILES string of the molecule is Cl.Cl.O=C(NCc1ccc(Oc2cccc(F)c2)nc1)c1cn(C2CCNCC2)nn1. The van der Waals surface area contributed by atoms with Crippen LogP contribution in [0.2, 0.25) is 0 Å². The molecule has 0 unspecified atom stereocenters. The lowest BCUT2D eigenvalue weighted by molar-refractivity contribution is 0.0945. The summed E-state index contributed by atoms with van der Waals surface area (Å²) in [7, 11) is 0. The molecule has 2 aromatic heterocycles. The van der Waals surface area contributed by atoms with Crippen molar-refractivity contribution in [2.75, 3.05) is 13.1 Å². The van der Waals surface area contributed by atoms with Gasteiger partial charge in [-0.15, -0.1) is 29.9 Å². The first-order chi connectivity index (χ1) is 14.2. The number of carbonyl (C=O) groups is 1. The third-order valence-corrected chi connectivity index (χ3v) is 4.69. The molecule has 0 bridgehead atoms. The molecule has 31 heavy (non-hydrogen) atoms. The van der Waals surface area contributed by atoms with Crippen molar-refractivity contribution in [3.8, 4) is 11.6 Å². The molecule has 1 aliphatic rings. The average molecular weight is 469 g/mol. The van der Waals surface area contributed by atoms with Gasteiger partial charge in [-0.25, -0.2) is 14.1 Å². The van der Waals surface area contributed by atoms with Crippen LogP contribution in [0.1, 0.15) is 34.9 Å². The smallest absolute Gasteiger partial charge is 0.273 e. The number of halogens is 3. The quantitative estimate of drug-likeness (QED) is 0.576. The topological polar surface area (TPSA) is 94.0 Å². The van der Waals surface area contributed by atoms with Gasteiger partial charge >= 0.3 is 0 Å². The maximum absolute atomic E-state index is 13.2. The third kappa shape index (κ3) is 6.61. The molecule has 0 spiro atoms. The van der Waals surface area contributed by atoms with E-state index in [0.717, 1.165) is 31.5 Å². The molecule has 4 rings (SSSR count). The van der Waals surface area contributed by atoms with Crippen LogP contribution in [0.3, 0.4) is 0 Å². The number of benzene rings is 1. The van der Waals surface area contributed by atoms with E-state index in [-0.39, 0.29) is 42.6 Å². The van der Waals surface area contributed by atoms with Crippen LogP contribution in [0.4, 0.5) is 4.39 Å². The summed E-state index contributed by atoms with van der Waals surface area (Å²) in [4.78, 5) is 16.5. The second-order valence-corrected chi connectivity index (χ2v) is 6.81. The zero-order valence-electron chi connectivity index (χ0n) is 16.5. The monoisotopic (exact) mass is 468 g/mol. The number of piperidine rings is 1. The molecular formula is C20H23Cl2FN6O2. The first-order valence-corrected chi connectivity index (χ1v) is 9.46. The maximum atomic E-state index is 13.2. The van der Waals surface area contributed by atoms with E-state index in [2.05, 4.69) is 25.9 Å². The lowest BCUT2D eigenvalue weighted by atomic mass is 10.1. The van der Waals surface area contributed by atoms with Gasteiger partial charge in [0, 0.05) is 24.9 Å². The van der Waals surface area contributed by atoms with Crippen LogP contribution in [0.5, 0.6) is 11.6 Å². The summed E-state index contributed by atoms with van der Waals surface area (Å²) in [6.45, 7) is 2.18. The normalized spacial score (nSPS) is 13.6. The molecule has 166 valence electrons. The van der Waals surface area contributed by atoms with Gasteiger partial charge in [0.2, 0.25) is 5.88 Å². The fourth-order valence-electron chi connectivity index (χ4n) is 3.13. The van der Waals surface area contributed by atoms with Gasteiger partial charge < -0.3 is 15.4 Å². The largest absolute Gasteiger partial charge is 0.439 e.